The molecule has 126 valence electrons. The third-order valence-corrected chi connectivity index (χ3v) is 5.64. The molecule has 2 aromatic heterocycles. The minimum Gasteiger partial charge on any atom is -0.358 e. The number of aromatic nitrogens is 3. The number of nitrogens with zero attached hydrogens (tertiary/aromatic N) is 2. The molecule has 0 saturated carbocycles. The molecule has 0 spiro atoms. The van der Waals surface area contributed by atoms with Crippen molar-refractivity contribution in [1.29, 1.82) is 0 Å². The topological polar surface area (TPSA) is 70.7 Å². The number of para-hydroxylation sites is 1. The van der Waals surface area contributed by atoms with Crippen molar-refractivity contribution < 1.29 is 4.79 Å². The summed E-state index contributed by atoms with van der Waals surface area (Å²) in [6, 6.07) is 8.21. The Hall–Kier alpha value is -1.86. The fourth-order valence-electron chi connectivity index (χ4n) is 2.56. The lowest BCUT2D eigenvalue weighted by Gasteiger charge is -2.08. The molecule has 0 aliphatic heterocycles. The highest BCUT2D eigenvalue weighted by atomic mass is 32.2. The van der Waals surface area contributed by atoms with Gasteiger partial charge in [-0.15, -0.1) is 10.2 Å². The maximum atomic E-state index is 12.9. The standard InChI is InChI=1S/C17H20N4OS2/c1-9(2)18-16-20-21-17(24-16)23-11(4)15(22)14-10(3)19-13-8-6-5-7-12(13)14/h5-9,11,19H,1-4H3,(H,18,20). The predicted molar refractivity (Wildman–Crippen MR) is 101 cm³/mol. The van der Waals surface area contributed by atoms with Crippen molar-refractivity contribution >= 4 is 44.9 Å². The minimum atomic E-state index is -0.220. The van der Waals surface area contributed by atoms with Gasteiger partial charge < -0.3 is 10.3 Å². The number of ketones is 1. The fourth-order valence-corrected chi connectivity index (χ4v) is 4.67. The second-order valence-electron chi connectivity index (χ2n) is 5.97. The Bertz CT molecular complexity index is 868. The van der Waals surface area contributed by atoms with Crippen LogP contribution in [0.25, 0.3) is 10.9 Å². The van der Waals surface area contributed by atoms with Gasteiger partial charge in [0.05, 0.1) is 5.25 Å². The molecule has 3 aromatic rings. The summed E-state index contributed by atoms with van der Waals surface area (Å²) in [6.45, 7) is 7.98. The molecular weight excluding hydrogens is 340 g/mol. The van der Waals surface area contributed by atoms with Crippen molar-refractivity contribution in [2.24, 2.45) is 0 Å². The van der Waals surface area contributed by atoms with E-state index in [1.54, 1.807) is 0 Å². The Morgan fingerprint density at radius 3 is 2.75 bits per heavy atom. The molecule has 1 aromatic carbocycles. The fraction of sp³-hybridized carbons (Fsp3) is 0.353. The summed E-state index contributed by atoms with van der Waals surface area (Å²) in [4.78, 5) is 16.2. The number of H-pyrrole nitrogens is 1. The molecule has 24 heavy (non-hydrogen) atoms. The van der Waals surface area contributed by atoms with Gasteiger partial charge in [-0.05, 0) is 33.8 Å². The van der Waals surface area contributed by atoms with Gasteiger partial charge in [-0.3, -0.25) is 4.79 Å². The lowest BCUT2D eigenvalue weighted by atomic mass is 10.1. The van der Waals surface area contributed by atoms with Crippen LogP contribution in [-0.2, 0) is 0 Å². The number of carbonyl (C=O) groups excluding carboxylic acids is 1. The second-order valence-corrected chi connectivity index (χ2v) is 8.53. The normalized spacial score (nSPS) is 12.7. The monoisotopic (exact) mass is 360 g/mol. The highest BCUT2D eigenvalue weighted by Gasteiger charge is 2.23. The third kappa shape index (κ3) is 3.47. The number of fused-ring (bicyclic) bond motifs is 1. The number of hydrogen-bond acceptors (Lipinski definition) is 6. The van der Waals surface area contributed by atoms with Gasteiger partial charge in [-0.2, -0.15) is 0 Å². The first kappa shape index (κ1) is 17.0. The Morgan fingerprint density at radius 1 is 1.25 bits per heavy atom. The van der Waals surface area contributed by atoms with E-state index in [-0.39, 0.29) is 11.0 Å². The number of Topliss-reactive ketones (excluding diaryl/α,β-unsaturated/α-hetero) is 1. The van der Waals surface area contributed by atoms with Crippen LogP contribution in [0.2, 0.25) is 0 Å². The van der Waals surface area contributed by atoms with Gasteiger partial charge in [0.25, 0.3) is 0 Å². The molecule has 0 aliphatic carbocycles. The first-order chi connectivity index (χ1) is 11.5. The Kier molecular flexibility index (Phi) is 4.91. The van der Waals surface area contributed by atoms with Crippen LogP contribution < -0.4 is 5.32 Å². The summed E-state index contributed by atoms with van der Waals surface area (Å²) in [5.41, 5.74) is 2.68. The van der Waals surface area contributed by atoms with Gasteiger partial charge in [0.15, 0.2) is 10.1 Å². The smallest absolute Gasteiger partial charge is 0.206 e. The average Bonchev–Trinajstić information content (AvgIpc) is 3.08. The lowest BCUT2D eigenvalue weighted by molar-refractivity contribution is 0.0995. The van der Waals surface area contributed by atoms with Crippen molar-refractivity contribution in [2.75, 3.05) is 5.32 Å². The van der Waals surface area contributed by atoms with Crippen LogP contribution in [0.1, 0.15) is 36.8 Å². The zero-order chi connectivity index (χ0) is 17.3. The van der Waals surface area contributed by atoms with E-state index in [4.69, 9.17) is 0 Å². The molecule has 7 heteroatoms. The zero-order valence-electron chi connectivity index (χ0n) is 14.1. The van der Waals surface area contributed by atoms with Crippen molar-refractivity contribution in [2.45, 2.75) is 43.3 Å². The number of thioether (sulfide) groups is 1. The number of benzene rings is 1. The molecule has 0 aliphatic rings. The number of nitrogens with one attached hydrogen (secondary N) is 2. The Labute approximate surface area is 149 Å². The largest absolute Gasteiger partial charge is 0.358 e. The van der Waals surface area contributed by atoms with Gasteiger partial charge in [-0.25, -0.2) is 0 Å². The van der Waals surface area contributed by atoms with Gasteiger partial charge in [0, 0.05) is 28.2 Å². The maximum Gasteiger partial charge on any atom is 0.206 e. The van der Waals surface area contributed by atoms with Crippen LogP contribution >= 0.6 is 23.1 Å². The molecule has 0 fully saturated rings. The maximum absolute atomic E-state index is 12.9. The lowest BCUT2D eigenvalue weighted by Crippen LogP contribution is -2.14. The van der Waals surface area contributed by atoms with Gasteiger partial charge in [0.1, 0.15) is 0 Å². The van der Waals surface area contributed by atoms with E-state index in [2.05, 4.69) is 34.3 Å². The van der Waals surface area contributed by atoms with E-state index in [1.807, 2.05) is 38.1 Å². The molecule has 3 rings (SSSR count). The molecule has 0 bridgehead atoms. The summed E-state index contributed by atoms with van der Waals surface area (Å²) in [7, 11) is 0. The third-order valence-electron chi connectivity index (χ3n) is 3.61. The van der Waals surface area contributed by atoms with E-state index in [9.17, 15) is 4.79 Å². The average molecular weight is 361 g/mol. The number of aryl methyl sites for hydroxylation is 1. The van der Waals surface area contributed by atoms with E-state index in [0.717, 1.165) is 31.6 Å². The van der Waals surface area contributed by atoms with Crippen molar-refractivity contribution in [3.63, 3.8) is 0 Å². The quantitative estimate of drug-likeness (QED) is 0.500. The molecule has 0 radical (unpaired) electrons. The summed E-state index contributed by atoms with van der Waals surface area (Å²) in [5.74, 6) is 0.114. The molecule has 0 amide bonds. The number of rotatable bonds is 6. The van der Waals surface area contributed by atoms with Crippen molar-refractivity contribution in [3.05, 3.63) is 35.5 Å². The summed E-state index contributed by atoms with van der Waals surface area (Å²) in [5, 5.41) is 13.1. The predicted octanol–water partition coefficient (Wildman–Crippen LogP) is 4.51. The molecule has 2 N–H and O–H groups in total. The Morgan fingerprint density at radius 2 is 2.00 bits per heavy atom. The number of hydrogen-bond donors (Lipinski definition) is 2. The molecule has 1 atom stereocenters. The van der Waals surface area contributed by atoms with Crippen LogP contribution in [0.15, 0.2) is 28.6 Å². The van der Waals surface area contributed by atoms with Crippen molar-refractivity contribution in [3.8, 4) is 0 Å². The summed E-state index contributed by atoms with van der Waals surface area (Å²) in [6.07, 6.45) is 0. The SMILES string of the molecule is Cc1[nH]c2ccccc2c1C(=O)C(C)Sc1nnc(NC(C)C)s1. The van der Waals surface area contributed by atoms with Crippen LogP contribution in [0.3, 0.4) is 0 Å². The highest BCUT2D eigenvalue weighted by Crippen LogP contribution is 2.32. The second kappa shape index (κ2) is 6.94. The first-order valence-electron chi connectivity index (χ1n) is 7.84. The molecule has 1 unspecified atom stereocenters. The van der Waals surface area contributed by atoms with E-state index >= 15 is 0 Å². The van der Waals surface area contributed by atoms with Crippen LogP contribution in [0.4, 0.5) is 5.13 Å². The summed E-state index contributed by atoms with van der Waals surface area (Å²) >= 11 is 2.94. The number of carbonyl (C=O) groups is 1. The van der Waals surface area contributed by atoms with Crippen LogP contribution in [0, 0.1) is 6.92 Å². The molecule has 2 heterocycles. The van der Waals surface area contributed by atoms with Gasteiger partial charge in [0.2, 0.25) is 5.13 Å². The van der Waals surface area contributed by atoms with E-state index in [1.165, 1.54) is 23.1 Å². The molecule has 0 saturated heterocycles. The van der Waals surface area contributed by atoms with Gasteiger partial charge >= 0.3 is 0 Å². The first-order valence-corrected chi connectivity index (χ1v) is 9.53. The Balaban J connectivity index is 1.79. The minimum absolute atomic E-state index is 0.114. The number of anilines is 1. The number of aromatic amines is 1. The molecular formula is C17H20N4OS2. The molecule has 5 nitrogen and oxygen atoms in total. The zero-order valence-corrected chi connectivity index (χ0v) is 15.7. The van der Waals surface area contributed by atoms with E-state index < -0.39 is 0 Å². The summed E-state index contributed by atoms with van der Waals surface area (Å²) < 4.78 is 0.802. The van der Waals surface area contributed by atoms with E-state index in [0.29, 0.717) is 6.04 Å². The van der Waals surface area contributed by atoms with Crippen LogP contribution in [-0.4, -0.2) is 32.3 Å². The van der Waals surface area contributed by atoms with Crippen LogP contribution in [0.5, 0.6) is 0 Å². The highest BCUT2D eigenvalue weighted by molar-refractivity contribution is 8.02. The van der Waals surface area contributed by atoms with Crippen molar-refractivity contribution in [1.82, 2.24) is 15.2 Å². The van der Waals surface area contributed by atoms with Gasteiger partial charge in [-0.1, -0.05) is 41.3 Å².